The second-order valence-corrected chi connectivity index (χ2v) is 5.57. The SMILES string of the molecule is Cl.OC1(Cc2ccc(F)cc2)CC2CCC(C1)N2. The lowest BCUT2D eigenvalue weighted by atomic mass is 9.82. The van der Waals surface area contributed by atoms with Crippen molar-refractivity contribution in [3.63, 3.8) is 0 Å². The minimum Gasteiger partial charge on any atom is -0.389 e. The summed E-state index contributed by atoms with van der Waals surface area (Å²) >= 11 is 0. The molecule has 2 aliphatic heterocycles. The van der Waals surface area contributed by atoms with Gasteiger partial charge in [-0.05, 0) is 43.4 Å². The third kappa shape index (κ3) is 2.85. The van der Waals surface area contributed by atoms with E-state index < -0.39 is 5.60 Å². The van der Waals surface area contributed by atoms with Crippen molar-refractivity contribution in [2.45, 2.75) is 49.8 Å². The van der Waals surface area contributed by atoms with Gasteiger partial charge in [0.2, 0.25) is 0 Å². The Morgan fingerprint density at radius 1 is 1.17 bits per heavy atom. The van der Waals surface area contributed by atoms with Gasteiger partial charge in [-0.15, -0.1) is 12.4 Å². The fraction of sp³-hybridized carbons (Fsp3) is 0.571. The molecule has 0 amide bonds. The molecule has 0 aromatic heterocycles. The third-order valence-electron chi connectivity index (χ3n) is 4.03. The lowest BCUT2D eigenvalue weighted by molar-refractivity contribution is -0.00609. The largest absolute Gasteiger partial charge is 0.389 e. The van der Waals surface area contributed by atoms with E-state index in [1.165, 1.54) is 25.0 Å². The van der Waals surface area contributed by atoms with Crippen LogP contribution in [0.2, 0.25) is 0 Å². The van der Waals surface area contributed by atoms with Gasteiger partial charge in [-0.1, -0.05) is 12.1 Å². The van der Waals surface area contributed by atoms with Crippen LogP contribution >= 0.6 is 12.4 Å². The molecule has 2 unspecified atom stereocenters. The van der Waals surface area contributed by atoms with Crippen molar-refractivity contribution in [1.29, 1.82) is 0 Å². The normalized spacial score (nSPS) is 34.1. The molecule has 2 saturated heterocycles. The lowest BCUT2D eigenvalue weighted by Gasteiger charge is -2.37. The zero-order valence-corrected chi connectivity index (χ0v) is 11.0. The van der Waals surface area contributed by atoms with Gasteiger partial charge in [0.1, 0.15) is 5.82 Å². The fourth-order valence-corrected chi connectivity index (χ4v) is 3.35. The molecule has 0 aliphatic carbocycles. The van der Waals surface area contributed by atoms with Crippen LogP contribution < -0.4 is 5.32 Å². The predicted molar refractivity (Wildman–Crippen MR) is 71.5 cm³/mol. The Morgan fingerprint density at radius 3 is 2.28 bits per heavy atom. The van der Waals surface area contributed by atoms with Gasteiger partial charge in [0.05, 0.1) is 5.60 Å². The van der Waals surface area contributed by atoms with Crippen molar-refractivity contribution in [3.8, 4) is 0 Å². The van der Waals surface area contributed by atoms with E-state index in [1.54, 1.807) is 12.1 Å². The highest BCUT2D eigenvalue weighted by Crippen LogP contribution is 2.35. The van der Waals surface area contributed by atoms with Crippen LogP contribution in [-0.4, -0.2) is 22.8 Å². The molecule has 1 aromatic rings. The van der Waals surface area contributed by atoms with E-state index in [0.717, 1.165) is 18.4 Å². The lowest BCUT2D eigenvalue weighted by Crippen LogP contribution is -2.49. The van der Waals surface area contributed by atoms with E-state index in [9.17, 15) is 9.50 Å². The van der Waals surface area contributed by atoms with Crippen LogP contribution in [0.4, 0.5) is 4.39 Å². The number of aliphatic hydroxyl groups is 1. The maximum absolute atomic E-state index is 12.8. The molecule has 0 spiro atoms. The first-order chi connectivity index (χ1) is 8.13. The highest BCUT2D eigenvalue weighted by atomic mass is 35.5. The van der Waals surface area contributed by atoms with E-state index >= 15 is 0 Å². The predicted octanol–water partition coefficient (Wildman–Crippen LogP) is 2.44. The number of fused-ring (bicyclic) bond motifs is 2. The Kier molecular flexibility index (Phi) is 3.95. The van der Waals surface area contributed by atoms with Crippen LogP contribution in [0.5, 0.6) is 0 Å². The molecule has 2 nitrogen and oxygen atoms in total. The molecule has 2 heterocycles. The smallest absolute Gasteiger partial charge is 0.123 e. The number of piperidine rings is 1. The Bertz CT molecular complexity index is 397. The van der Waals surface area contributed by atoms with E-state index in [1.807, 2.05) is 0 Å². The van der Waals surface area contributed by atoms with Crippen molar-refractivity contribution in [1.82, 2.24) is 5.32 Å². The quantitative estimate of drug-likeness (QED) is 0.866. The number of rotatable bonds is 2. The Labute approximate surface area is 113 Å². The first-order valence-electron chi connectivity index (χ1n) is 6.36. The van der Waals surface area contributed by atoms with E-state index in [4.69, 9.17) is 0 Å². The van der Waals surface area contributed by atoms with Crippen LogP contribution in [0.15, 0.2) is 24.3 Å². The number of nitrogens with one attached hydrogen (secondary N) is 1. The summed E-state index contributed by atoms with van der Waals surface area (Å²) in [6.45, 7) is 0. The van der Waals surface area contributed by atoms with Gasteiger partial charge in [0, 0.05) is 18.5 Å². The zero-order valence-electron chi connectivity index (χ0n) is 10.2. The summed E-state index contributed by atoms with van der Waals surface area (Å²) < 4.78 is 12.8. The Morgan fingerprint density at radius 2 is 1.72 bits per heavy atom. The summed E-state index contributed by atoms with van der Waals surface area (Å²) in [6, 6.07) is 7.43. The zero-order chi connectivity index (χ0) is 11.9. The molecule has 2 fully saturated rings. The second-order valence-electron chi connectivity index (χ2n) is 5.57. The molecule has 2 bridgehead atoms. The highest BCUT2D eigenvalue weighted by Gasteiger charge is 2.42. The highest BCUT2D eigenvalue weighted by molar-refractivity contribution is 5.85. The summed E-state index contributed by atoms with van der Waals surface area (Å²) in [6.07, 6.45) is 4.64. The molecule has 18 heavy (non-hydrogen) atoms. The van der Waals surface area contributed by atoms with Crippen molar-refractivity contribution < 1.29 is 9.50 Å². The van der Waals surface area contributed by atoms with Crippen LogP contribution in [0.1, 0.15) is 31.2 Å². The van der Waals surface area contributed by atoms with Gasteiger partial charge in [-0.3, -0.25) is 0 Å². The number of hydrogen-bond donors (Lipinski definition) is 2. The monoisotopic (exact) mass is 271 g/mol. The molecule has 0 saturated carbocycles. The fourth-order valence-electron chi connectivity index (χ4n) is 3.35. The summed E-state index contributed by atoms with van der Waals surface area (Å²) in [4.78, 5) is 0. The maximum atomic E-state index is 12.8. The standard InChI is InChI=1S/C14H18FNO.ClH/c15-11-3-1-10(2-4-11)7-14(17)8-12-5-6-13(9-14)16-12;/h1-4,12-13,16-17H,5-9H2;1H. The first kappa shape index (κ1) is 13.8. The average molecular weight is 272 g/mol. The van der Waals surface area contributed by atoms with Gasteiger partial charge < -0.3 is 10.4 Å². The second kappa shape index (κ2) is 5.16. The van der Waals surface area contributed by atoms with E-state index in [0.29, 0.717) is 18.5 Å². The van der Waals surface area contributed by atoms with Crippen LogP contribution in [-0.2, 0) is 6.42 Å². The number of benzene rings is 1. The molecule has 2 atom stereocenters. The summed E-state index contributed by atoms with van der Waals surface area (Å²) in [5.41, 5.74) is 0.421. The topological polar surface area (TPSA) is 32.3 Å². The molecular formula is C14H19ClFNO. The molecule has 3 rings (SSSR count). The molecule has 2 N–H and O–H groups in total. The maximum Gasteiger partial charge on any atom is 0.123 e. The molecule has 100 valence electrons. The van der Waals surface area contributed by atoms with Gasteiger partial charge >= 0.3 is 0 Å². The van der Waals surface area contributed by atoms with Gasteiger partial charge in [0.25, 0.3) is 0 Å². The molecule has 2 aliphatic rings. The van der Waals surface area contributed by atoms with Crippen molar-refractivity contribution in [2.75, 3.05) is 0 Å². The van der Waals surface area contributed by atoms with Crippen LogP contribution in [0.25, 0.3) is 0 Å². The van der Waals surface area contributed by atoms with Gasteiger partial charge in [-0.25, -0.2) is 4.39 Å². The molecule has 4 heteroatoms. The summed E-state index contributed by atoms with van der Waals surface area (Å²) in [5, 5.41) is 14.2. The average Bonchev–Trinajstić information content (AvgIpc) is 2.62. The van der Waals surface area contributed by atoms with Crippen molar-refractivity contribution >= 4 is 12.4 Å². The first-order valence-corrected chi connectivity index (χ1v) is 6.36. The van der Waals surface area contributed by atoms with Crippen molar-refractivity contribution in [2.24, 2.45) is 0 Å². The van der Waals surface area contributed by atoms with Crippen LogP contribution in [0, 0.1) is 5.82 Å². The third-order valence-corrected chi connectivity index (χ3v) is 4.03. The minimum atomic E-state index is -0.602. The summed E-state index contributed by atoms with van der Waals surface area (Å²) in [7, 11) is 0. The van der Waals surface area contributed by atoms with Gasteiger partial charge in [0.15, 0.2) is 0 Å². The van der Waals surface area contributed by atoms with Crippen molar-refractivity contribution in [3.05, 3.63) is 35.6 Å². The molecule has 1 aromatic carbocycles. The van der Waals surface area contributed by atoms with Crippen LogP contribution in [0.3, 0.4) is 0 Å². The Hall–Kier alpha value is -0.640. The van der Waals surface area contributed by atoms with E-state index in [-0.39, 0.29) is 18.2 Å². The number of hydrogen-bond acceptors (Lipinski definition) is 2. The summed E-state index contributed by atoms with van der Waals surface area (Å²) in [5.74, 6) is -0.217. The molecular weight excluding hydrogens is 253 g/mol. The Balaban J connectivity index is 0.00000120. The number of halogens is 2. The van der Waals surface area contributed by atoms with E-state index in [2.05, 4.69) is 5.32 Å². The minimum absolute atomic E-state index is 0. The molecule has 0 radical (unpaired) electrons. The van der Waals surface area contributed by atoms with Gasteiger partial charge in [-0.2, -0.15) is 0 Å².